The third-order valence-corrected chi connectivity index (χ3v) is 4.77. The van der Waals surface area contributed by atoms with Crippen LogP contribution in [0.15, 0.2) is 24.3 Å². The molecule has 2 rings (SSSR count). The minimum atomic E-state index is -3.18. The molecule has 0 bridgehead atoms. The van der Waals surface area contributed by atoms with Crippen molar-refractivity contribution in [1.82, 2.24) is 0 Å². The topological polar surface area (TPSA) is 72.5 Å². The fourth-order valence-electron chi connectivity index (χ4n) is 2.04. The van der Waals surface area contributed by atoms with Gasteiger partial charge in [0.2, 0.25) is 0 Å². The number of anilines is 1. The monoisotopic (exact) mass is 303 g/mol. The molecule has 104 valence electrons. The van der Waals surface area contributed by atoms with Gasteiger partial charge in [0.15, 0.2) is 9.84 Å². The summed E-state index contributed by atoms with van der Waals surface area (Å²) >= 11 is 5.78. The third kappa shape index (κ3) is 3.84. The van der Waals surface area contributed by atoms with E-state index in [2.05, 4.69) is 5.32 Å². The molecule has 0 unspecified atom stereocenters. The van der Waals surface area contributed by atoms with E-state index in [1.807, 2.05) is 0 Å². The Bertz CT molecular complexity index is 570. The zero-order valence-electron chi connectivity index (χ0n) is 10.3. The summed E-state index contributed by atoms with van der Waals surface area (Å²) in [6.07, 6.45) is -0.654. The van der Waals surface area contributed by atoms with Gasteiger partial charge in [-0.3, -0.25) is 4.79 Å². The number of halogens is 1. The van der Waals surface area contributed by atoms with Crippen LogP contribution in [0.25, 0.3) is 0 Å². The van der Waals surface area contributed by atoms with Crippen molar-refractivity contribution in [2.24, 2.45) is 0 Å². The fraction of sp³-hybridized carbons (Fsp3) is 0.417. The molecule has 0 aliphatic carbocycles. The molecule has 0 radical (unpaired) electrons. The van der Waals surface area contributed by atoms with E-state index in [4.69, 9.17) is 16.3 Å². The highest BCUT2D eigenvalue weighted by Crippen LogP contribution is 2.21. The first-order valence-electron chi connectivity index (χ1n) is 5.75. The second-order valence-corrected chi connectivity index (χ2v) is 7.07. The van der Waals surface area contributed by atoms with E-state index in [9.17, 15) is 13.2 Å². The van der Waals surface area contributed by atoms with E-state index in [1.54, 1.807) is 24.3 Å². The lowest BCUT2D eigenvalue weighted by atomic mass is 10.2. The van der Waals surface area contributed by atoms with Crippen LogP contribution in [0.2, 0.25) is 5.02 Å². The molecule has 0 spiro atoms. The number of benzene rings is 1. The number of rotatable bonds is 3. The first kappa shape index (κ1) is 14.1. The molecule has 1 aliphatic heterocycles. The number of ether oxygens (including phenoxy) is 1. The van der Waals surface area contributed by atoms with Crippen molar-refractivity contribution in [3.63, 3.8) is 0 Å². The lowest BCUT2D eigenvalue weighted by Crippen LogP contribution is -2.35. The van der Waals surface area contributed by atoms with Gasteiger partial charge in [-0.1, -0.05) is 11.6 Å². The Labute approximate surface area is 116 Å². The summed E-state index contributed by atoms with van der Waals surface area (Å²) in [6.45, 7) is 1.27. The van der Waals surface area contributed by atoms with Crippen molar-refractivity contribution >= 4 is 33.1 Å². The number of hydrogen-bond acceptors (Lipinski definition) is 5. The molecule has 1 fully saturated rings. The molecule has 5 nitrogen and oxygen atoms in total. The van der Waals surface area contributed by atoms with Crippen LogP contribution in [0.5, 0.6) is 0 Å². The summed E-state index contributed by atoms with van der Waals surface area (Å²) in [4.78, 5) is 11.0. The van der Waals surface area contributed by atoms with Gasteiger partial charge >= 0.3 is 5.97 Å². The van der Waals surface area contributed by atoms with Crippen molar-refractivity contribution in [1.29, 1.82) is 0 Å². The number of hydrogen-bond donors (Lipinski definition) is 1. The predicted molar refractivity (Wildman–Crippen MR) is 73.1 cm³/mol. The van der Waals surface area contributed by atoms with Crippen LogP contribution in [0.4, 0.5) is 5.69 Å². The molecule has 1 saturated heterocycles. The molecular weight excluding hydrogens is 290 g/mol. The summed E-state index contributed by atoms with van der Waals surface area (Å²) in [6, 6.07) is 6.47. The van der Waals surface area contributed by atoms with Crippen molar-refractivity contribution in [2.75, 3.05) is 16.8 Å². The van der Waals surface area contributed by atoms with Gasteiger partial charge in [-0.15, -0.1) is 0 Å². The Morgan fingerprint density at radius 3 is 2.53 bits per heavy atom. The van der Waals surface area contributed by atoms with Gasteiger partial charge in [0.25, 0.3) is 0 Å². The molecule has 0 saturated carbocycles. The van der Waals surface area contributed by atoms with Crippen molar-refractivity contribution in [3.8, 4) is 0 Å². The molecule has 0 amide bonds. The lowest BCUT2D eigenvalue weighted by molar-refractivity contribution is -0.145. The molecule has 1 aromatic rings. The van der Waals surface area contributed by atoms with E-state index < -0.39 is 28.0 Å². The maximum absolute atomic E-state index is 11.6. The summed E-state index contributed by atoms with van der Waals surface area (Å²) < 4.78 is 28.3. The van der Waals surface area contributed by atoms with E-state index in [0.29, 0.717) is 5.02 Å². The Hall–Kier alpha value is -1.27. The number of carbonyl (C=O) groups is 1. The van der Waals surface area contributed by atoms with Gasteiger partial charge in [-0.05, 0) is 24.3 Å². The number of sulfone groups is 1. The van der Waals surface area contributed by atoms with E-state index in [0.717, 1.165) is 5.69 Å². The van der Waals surface area contributed by atoms with E-state index >= 15 is 0 Å². The van der Waals surface area contributed by atoms with Gasteiger partial charge in [-0.25, -0.2) is 8.42 Å². The molecule has 19 heavy (non-hydrogen) atoms. The average Bonchev–Trinajstić information content (AvgIpc) is 2.55. The Kier molecular flexibility index (Phi) is 4.01. The van der Waals surface area contributed by atoms with Gasteiger partial charge in [-0.2, -0.15) is 0 Å². The average molecular weight is 304 g/mol. The summed E-state index contributed by atoms with van der Waals surface area (Å²) in [5.74, 6) is -0.671. The first-order valence-corrected chi connectivity index (χ1v) is 7.95. The van der Waals surface area contributed by atoms with Crippen molar-refractivity contribution in [2.45, 2.75) is 19.1 Å². The minimum Gasteiger partial charge on any atom is -0.459 e. The quantitative estimate of drug-likeness (QED) is 0.856. The molecule has 1 N–H and O–H groups in total. The van der Waals surface area contributed by atoms with Crippen LogP contribution in [0.1, 0.15) is 6.92 Å². The Morgan fingerprint density at radius 1 is 1.32 bits per heavy atom. The molecule has 2 atom stereocenters. The van der Waals surface area contributed by atoms with Crippen molar-refractivity contribution < 1.29 is 17.9 Å². The fourth-order valence-corrected chi connectivity index (χ4v) is 3.95. The van der Waals surface area contributed by atoms with Crippen LogP contribution in [0.3, 0.4) is 0 Å². The molecule has 7 heteroatoms. The molecule has 1 aliphatic rings. The summed E-state index contributed by atoms with van der Waals surface area (Å²) in [7, 11) is -3.18. The van der Waals surface area contributed by atoms with E-state index in [1.165, 1.54) is 6.92 Å². The van der Waals surface area contributed by atoms with Crippen LogP contribution in [-0.2, 0) is 19.4 Å². The highest BCUT2D eigenvalue weighted by Gasteiger charge is 2.39. The zero-order chi connectivity index (χ0) is 14.0. The smallest absolute Gasteiger partial charge is 0.303 e. The first-order chi connectivity index (χ1) is 8.85. The Morgan fingerprint density at radius 2 is 1.95 bits per heavy atom. The normalized spacial score (nSPS) is 24.9. The van der Waals surface area contributed by atoms with Crippen molar-refractivity contribution in [3.05, 3.63) is 29.3 Å². The second kappa shape index (κ2) is 5.38. The zero-order valence-corrected chi connectivity index (χ0v) is 11.9. The second-order valence-electron chi connectivity index (χ2n) is 4.48. The lowest BCUT2D eigenvalue weighted by Gasteiger charge is -2.20. The van der Waals surface area contributed by atoms with Gasteiger partial charge in [0.05, 0.1) is 17.5 Å². The summed E-state index contributed by atoms with van der Waals surface area (Å²) in [5.41, 5.74) is 0.739. The molecular formula is C12H14ClNO4S. The number of esters is 1. The molecule has 1 aromatic carbocycles. The van der Waals surface area contributed by atoms with Gasteiger partial charge < -0.3 is 10.1 Å². The highest BCUT2D eigenvalue weighted by molar-refractivity contribution is 7.91. The highest BCUT2D eigenvalue weighted by atomic mass is 35.5. The minimum absolute atomic E-state index is 0.0480. The maximum Gasteiger partial charge on any atom is 0.303 e. The standard InChI is InChI=1S/C12H14ClNO4S/c1-8(15)18-12-7-19(16,17)6-11(12)14-10-4-2-9(13)3-5-10/h2-5,11-12,14H,6-7H2,1H3/t11-,12+/m1/s1. The van der Waals surface area contributed by atoms with Crippen LogP contribution < -0.4 is 5.32 Å². The van der Waals surface area contributed by atoms with Crippen LogP contribution in [0, 0.1) is 0 Å². The SMILES string of the molecule is CC(=O)O[C@H]1CS(=O)(=O)C[C@H]1Nc1ccc(Cl)cc1. The molecule has 0 aromatic heterocycles. The predicted octanol–water partition coefficient (Wildman–Crippen LogP) is 1.48. The van der Waals surface area contributed by atoms with E-state index in [-0.39, 0.29) is 11.5 Å². The third-order valence-electron chi connectivity index (χ3n) is 2.81. The van der Waals surface area contributed by atoms with Gasteiger partial charge in [0, 0.05) is 17.6 Å². The maximum atomic E-state index is 11.6. The number of nitrogens with one attached hydrogen (secondary N) is 1. The molecule has 1 heterocycles. The summed E-state index contributed by atoms with van der Waals surface area (Å²) in [5, 5.41) is 3.66. The van der Waals surface area contributed by atoms with Crippen LogP contribution >= 0.6 is 11.6 Å². The number of carbonyl (C=O) groups excluding carboxylic acids is 1. The van der Waals surface area contributed by atoms with Gasteiger partial charge in [0.1, 0.15) is 6.10 Å². The Balaban J connectivity index is 2.12. The van der Waals surface area contributed by atoms with Crippen LogP contribution in [-0.4, -0.2) is 38.0 Å². The largest absolute Gasteiger partial charge is 0.459 e.